The van der Waals surface area contributed by atoms with Crippen LogP contribution >= 0.6 is 0 Å². The van der Waals surface area contributed by atoms with Crippen molar-refractivity contribution in [2.24, 2.45) is 0 Å². The Bertz CT molecular complexity index is 935. The van der Waals surface area contributed by atoms with E-state index in [-0.39, 0.29) is 29.5 Å². The SMILES string of the molecule is COc1c(O)c(C(C)=O)c(OCc2ccc(C(C)C)cc2)c2ccoc12. The molecule has 0 saturated heterocycles. The molecule has 0 spiro atoms. The van der Waals surface area contributed by atoms with E-state index in [1.54, 1.807) is 6.07 Å². The van der Waals surface area contributed by atoms with Gasteiger partial charge in [0.15, 0.2) is 17.1 Å². The summed E-state index contributed by atoms with van der Waals surface area (Å²) in [5, 5.41) is 11.1. The second-order valence-electron chi connectivity index (χ2n) is 6.49. The van der Waals surface area contributed by atoms with Gasteiger partial charge in [-0.15, -0.1) is 0 Å². The molecule has 3 aromatic rings. The van der Waals surface area contributed by atoms with Gasteiger partial charge >= 0.3 is 0 Å². The first kappa shape index (κ1) is 17.9. The minimum absolute atomic E-state index is 0.0922. The van der Waals surface area contributed by atoms with Crippen molar-refractivity contribution in [1.29, 1.82) is 0 Å². The molecule has 0 atom stereocenters. The molecule has 136 valence electrons. The van der Waals surface area contributed by atoms with Crippen LogP contribution in [0.1, 0.15) is 48.2 Å². The highest BCUT2D eigenvalue weighted by atomic mass is 16.5. The molecular weight excluding hydrogens is 332 g/mol. The van der Waals surface area contributed by atoms with Crippen molar-refractivity contribution >= 4 is 16.8 Å². The fourth-order valence-electron chi connectivity index (χ4n) is 2.95. The fourth-order valence-corrected chi connectivity index (χ4v) is 2.95. The Morgan fingerprint density at radius 1 is 1.15 bits per heavy atom. The monoisotopic (exact) mass is 354 g/mol. The highest BCUT2D eigenvalue weighted by Gasteiger charge is 2.25. The molecule has 1 heterocycles. The second kappa shape index (κ2) is 7.12. The van der Waals surface area contributed by atoms with Crippen LogP contribution in [0.15, 0.2) is 41.0 Å². The lowest BCUT2D eigenvalue weighted by Crippen LogP contribution is -2.04. The largest absolute Gasteiger partial charge is 0.504 e. The van der Waals surface area contributed by atoms with Gasteiger partial charge in [-0.3, -0.25) is 4.79 Å². The van der Waals surface area contributed by atoms with Crippen molar-refractivity contribution in [3.05, 3.63) is 53.3 Å². The Balaban J connectivity index is 2.00. The molecule has 0 fully saturated rings. The molecule has 0 aliphatic heterocycles. The number of phenols is 1. The Morgan fingerprint density at radius 2 is 1.85 bits per heavy atom. The van der Waals surface area contributed by atoms with Crippen LogP contribution in [0.3, 0.4) is 0 Å². The molecule has 0 bridgehead atoms. The lowest BCUT2D eigenvalue weighted by atomic mass is 10.0. The van der Waals surface area contributed by atoms with E-state index < -0.39 is 0 Å². The van der Waals surface area contributed by atoms with Gasteiger partial charge in [0.05, 0.1) is 18.8 Å². The van der Waals surface area contributed by atoms with Crippen LogP contribution in [0.4, 0.5) is 0 Å². The van der Waals surface area contributed by atoms with Crippen molar-refractivity contribution in [2.75, 3.05) is 7.11 Å². The molecular formula is C21H22O5. The zero-order chi connectivity index (χ0) is 18.8. The summed E-state index contributed by atoms with van der Waals surface area (Å²) >= 11 is 0. The number of methoxy groups -OCH3 is 1. The maximum absolute atomic E-state index is 12.1. The number of furan rings is 1. The van der Waals surface area contributed by atoms with Crippen molar-refractivity contribution in [3.8, 4) is 17.2 Å². The van der Waals surface area contributed by atoms with Gasteiger partial charge in [-0.2, -0.15) is 0 Å². The molecule has 5 heteroatoms. The lowest BCUT2D eigenvalue weighted by molar-refractivity contribution is 0.101. The van der Waals surface area contributed by atoms with E-state index in [0.29, 0.717) is 22.6 Å². The van der Waals surface area contributed by atoms with Crippen molar-refractivity contribution in [3.63, 3.8) is 0 Å². The predicted molar refractivity (Wildman–Crippen MR) is 99.3 cm³/mol. The van der Waals surface area contributed by atoms with E-state index in [9.17, 15) is 9.90 Å². The second-order valence-corrected chi connectivity index (χ2v) is 6.49. The quantitative estimate of drug-likeness (QED) is 0.627. The normalized spacial score (nSPS) is 11.1. The van der Waals surface area contributed by atoms with Gasteiger partial charge in [-0.1, -0.05) is 38.1 Å². The maximum atomic E-state index is 12.1. The Morgan fingerprint density at radius 3 is 2.42 bits per heavy atom. The number of phenolic OH excluding ortho intramolecular Hbond substituents is 1. The van der Waals surface area contributed by atoms with Crippen molar-refractivity contribution in [2.45, 2.75) is 33.3 Å². The summed E-state index contributed by atoms with van der Waals surface area (Å²) in [5.41, 5.74) is 2.66. The molecule has 0 aliphatic carbocycles. The number of fused-ring (bicyclic) bond motifs is 1. The minimum Gasteiger partial charge on any atom is -0.504 e. The summed E-state index contributed by atoms with van der Waals surface area (Å²) in [6, 6.07) is 9.82. The molecule has 5 nitrogen and oxygen atoms in total. The third-order valence-electron chi connectivity index (χ3n) is 4.38. The summed E-state index contributed by atoms with van der Waals surface area (Å²) in [5.74, 6) is 0.302. The highest BCUT2D eigenvalue weighted by molar-refractivity contribution is 6.08. The first-order valence-corrected chi connectivity index (χ1v) is 8.46. The van der Waals surface area contributed by atoms with E-state index in [1.807, 2.05) is 12.1 Å². The number of benzene rings is 2. The summed E-state index contributed by atoms with van der Waals surface area (Å²) in [6.07, 6.45) is 1.47. The first-order valence-electron chi connectivity index (χ1n) is 8.46. The Labute approximate surface area is 152 Å². The van der Waals surface area contributed by atoms with E-state index in [0.717, 1.165) is 5.56 Å². The topological polar surface area (TPSA) is 68.9 Å². The number of ether oxygens (including phenoxy) is 2. The number of rotatable bonds is 6. The number of Topliss-reactive ketones (excluding diaryl/α,β-unsaturated/α-hetero) is 1. The first-order chi connectivity index (χ1) is 12.4. The van der Waals surface area contributed by atoms with E-state index >= 15 is 0 Å². The molecule has 0 amide bonds. The van der Waals surface area contributed by atoms with Gasteiger partial charge < -0.3 is 19.0 Å². The van der Waals surface area contributed by atoms with Crippen molar-refractivity contribution in [1.82, 2.24) is 0 Å². The molecule has 0 radical (unpaired) electrons. The van der Waals surface area contributed by atoms with Gasteiger partial charge in [-0.25, -0.2) is 0 Å². The third kappa shape index (κ3) is 3.12. The van der Waals surface area contributed by atoms with Crippen LogP contribution in [0.2, 0.25) is 0 Å². The zero-order valence-electron chi connectivity index (χ0n) is 15.3. The van der Waals surface area contributed by atoms with E-state index in [4.69, 9.17) is 13.9 Å². The van der Waals surface area contributed by atoms with E-state index in [2.05, 4.69) is 26.0 Å². The number of ketones is 1. The minimum atomic E-state index is -0.311. The summed E-state index contributed by atoms with van der Waals surface area (Å²) in [7, 11) is 1.41. The van der Waals surface area contributed by atoms with Crippen LogP contribution in [0.5, 0.6) is 17.2 Å². The Hall–Kier alpha value is -2.95. The molecule has 0 saturated carbocycles. The van der Waals surface area contributed by atoms with Crippen molar-refractivity contribution < 1.29 is 23.8 Å². The number of carbonyl (C=O) groups excluding carboxylic acids is 1. The number of hydrogen-bond donors (Lipinski definition) is 1. The fraction of sp³-hybridized carbons (Fsp3) is 0.286. The van der Waals surface area contributed by atoms with Gasteiger partial charge in [0.2, 0.25) is 5.75 Å². The zero-order valence-corrected chi connectivity index (χ0v) is 15.3. The van der Waals surface area contributed by atoms with Crippen LogP contribution in [-0.2, 0) is 6.61 Å². The summed E-state index contributed by atoms with van der Waals surface area (Å²) in [4.78, 5) is 12.1. The lowest BCUT2D eigenvalue weighted by Gasteiger charge is -2.15. The van der Waals surface area contributed by atoms with Crippen LogP contribution in [-0.4, -0.2) is 18.0 Å². The highest BCUT2D eigenvalue weighted by Crippen LogP contribution is 2.46. The van der Waals surface area contributed by atoms with Gasteiger partial charge in [0.25, 0.3) is 0 Å². The van der Waals surface area contributed by atoms with Crippen LogP contribution in [0, 0.1) is 0 Å². The average Bonchev–Trinajstić information content (AvgIpc) is 3.08. The molecule has 3 rings (SSSR count). The average molecular weight is 354 g/mol. The van der Waals surface area contributed by atoms with Crippen LogP contribution in [0.25, 0.3) is 11.0 Å². The smallest absolute Gasteiger partial charge is 0.205 e. The molecule has 2 aromatic carbocycles. The van der Waals surface area contributed by atoms with Crippen LogP contribution < -0.4 is 9.47 Å². The Kier molecular flexibility index (Phi) is 4.89. The van der Waals surface area contributed by atoms with E-state index in [1.165, 1.54) is 25.9 Å². The number of hydrogen-bond acceptors (Lipinski definition) is 5. The molecule has 1 N–H and O–H groups in total. The summed E-state index contributed by atoms with van der Waals surface area (Å²) < 4.78 is 16.6. The number of carbonyl (C=O) groups is 1. The van der Waals surface area contributed by atoms with Gasteiger partial charge in [0, 0.05) is 0 Å². The predicted octanol–water partition coefficient (Wildman–Crippen LogP) is 5.05. The van der Waals surface area contributed by atoms with Gasteiger partial charge in [-0.05, 0) is 30.0 Å². The molecule has 0 aliphatic rings. The standard InChI is InChI=1S/C21H22O5/c1-12(2)15-7-5-14(6-8-15)11-26-19-16-9-10-25-20(16)21(24-4)18(23)17(19)13(3)22/h5-10,12,23H,11H2,1-4H3. The summed E-state index contributed by atoms with van der Waals surface area (Å²) in [6.45, 7) is 5.93. The third-order valence-corrected chi connectivity index (χ3v) is 4.38. The van der Waals surface area contributed by atoms with Gasteiger partial charge in [0.1, 0.15) is 17.9 Å². The number of aromatic hydroxyl groups is 1. The molecule has 26 heavy (non-hydrogen) atoms. The molecule has 0 unspecified atom stereocenters. The molecule has 1 aromatic heterocycles. The maximum Gasteiger partial charge on any atom is 0.205 e.